The Kier molecular flexibility index (Phi) is 2.66. The van der Waals surface area contributed by atoms with Gasteiger partial charge in [-0.15, -0.1) is 0 Å². The lowest BCUT2D eigenvalue weighted by Crippen LogP contribution is -2.51. The first-order valence-corrected chi connectivity index (χ1v) is 5.50. The zero-order valence-electron chi connectivity index (χ0n) is 9.86. The van der Waals surface area contributed by atoms with Gasteiger partial charge >= 0.3 is 6.09 Å². The molecule has 0 radical (unpaired) electrons. The second-order valence-corrected chi connectivity index (χ2v) is 5.27. The lowest BCUT2D eigenvalue weighted by atomic mass is 10.2. The zero-order chi connectivity index (χ0) is 11.9. The van der Waals surface area contributed by atoms with Crippen molar-refractivity contribution in [2.45, 2.75) is 44.9 Å². The van der Waals surface area contributed by atoms with Crippen molar-refractivity contribution >= 4 is 11.9 Å². The molecule has 2 bridgehead atoms. The van der Waals surface area contributed by atoms with Crippen molar-refractivity contribution in [1.82, 2.24) is 4.90 Å². The Labute approximate surface area is 94.7 Å². The third-order valence-corrected chi connectivity index (χ3v) is 2.73. The van der Waals surface area contributed by atoms with Crippen LogP contribution < -0.4 is 0 Å². The summed E-state index contributed by atoms with van der Waals surface area (Å²) in [7, 11) is 0. The fourth-order valence-corrected chi connectivity index (χ4v) is 2.10. The molecule has 5 nitrogen and oxygen atoms in total. The molecule has 0 aromatic carbocycles. The Hall–Kier alpha value is -1.10. The molecule has 2 heterocycles. The Bertz CT molecular complexity index is 320. The summed E-state index contributed by atoms with van der Waals surface area (Å²) < 4.78 is 10.6. The van der Waals surface area contributed by atoms with Crippen molar-refractivity contribution in [3.63, 3.8) is 0 Å². The molecule has 0 aromatic heterocycles. The molecule has 2 fully saturated rings. The summed E-state index contributed by atoms with van der Waals surface area (Å²) in [4.78, 5) is 25.1. The molecule has 2 unspecified atom stereocenters. The van der Waals surface area contributed by atoms with E-state index in [-0.39, 0.29) is 11.8 Å². The molecule has 2 aliphatic rings. The quantitative estimate of drug-likeness (QED) is 0.618. The number of hydrogen-bond acceptors (Lipinski definition) is 4. The van der Waals surface area contributed by atoms with Crippen LogP contribution in [0.2, 0.25) is 0 Å². The molecule has 2 rings (SSSR count). The van der Waals surface area contributed by atoms with Crippen molar-refractivity contribution < 1.29 is 19.1 Å². The van der Waals surface area contributed by atoms with E-state index in [1.807, 2.05) is 20.8 Å². The van der Waals surface area contributed by atoms with Gasteiger partial charge in [0, 0.05) is 6.42 Å². The number of carbonyl (C=O) groups is 2. The van der Waals surface area contributed by atoms with Crippen LogP contribution in [0.5, 0.6) is 0 Å². The van der Waals surface area contributed by atoms with Gasteiger partial charge in [0.15, 0.2) is 5.78 Å². The lowest BCUT2D eigenvalue weighted by Gasteiger charge is -2.34. The Morgan fingerprint density at radius 1 is 1.44 bits per heavy atom. The monoisotopic (exact) mass is 227 g/mol. The zero-order valence-corrected chi connectivity index (χ0v) is 9.86. The molecule has 5 heteroatoms. The standard InChI is InChI=1S/C11H17NO4/c1-11(2,3)16-10(14)12-7-4-9(13)8(12)6-15-5-7/h7-8H,4-6H2,1-3H3. The van der Waals surface area contributed by atoms with Crippen molar-refractivity contribution in [3.8, 4) is 0 Å². The van der Waals surface area contributed by atoms with Gasteiger partial charge in [0.1, 0.15) is 11.6 Å². The van der Waals surface area contributed by atoms with E-state index >= 15 is 0 Å². The molecule has 2 atom stereocenters. The third-order valence-electron chi connectivity index (χ3n) is 2.73. The number of hydrogen-bond donors (Lipinski definition) is 0. The third kappa shape index (κ3) is 2.04. The van der Waals surface area contributed by atoms with Crippen molar-refractivity contribution in [3.05, 3.63) is 0 Å². The molecule has 2 aliphatic heterocycles. The van der Waals surface area contributed by atoms with Gasteiger partial charge in [0.05, 0.1) is 19.3 Å². The maximum absolute atomic E-state index is 11.9. The van der Waals surface area contributed by atoms with Gasteiger partial charge in [-0.05, 0) is 20.8 Å². The fraction of sp³-hybridized carbons (Fsp3) is 0.818. The number of ether oxygens (including phenoxy) is 2. The number of carbonyl (C=O) groups excluding carboxylic acids is 2. The Morgan fingerprint density at radius 3 is 2.69 bits per heavy atom. The highest BCUT2D eigenvalue weighted by atomic mass is 16.6. The SMILES string of the molecule is CC(C)(C)OC(=O)N1C2COCC1C(=O)C2. The number of rotatable bonds is 0. The van der Waals surface area contributed by atoms with E-state index < -0.39 is 17.7 Å². The number of Topliss-reactive ketones (excluding diaryl/α,β-unsaturated/α-hetero) is 1. The second kappa shape index (κ2) is 3.73. The molecule has 0 saturated carbocycles. The summed E-state index contributed by atoms with van der Waals surface area (Å²) in [6.45, 7) is 6.18. The van der Waals surface area contributed by atoms with Crippen LogP contribution in [0.15, 0.2) is 0 Å². The molecular weight excluding hydrogens is 210 g/mol. The maximum atomic E-state index is 11.9. The smallest absolute Gasteiger partial charge is 0.411 e. The Morgan fingerprint density at radius 2 is 2.12 bits per heavy atom. The number of morpholine rings is 1. The van der Waals surface area contributed by atoms with E-state index in [9.17, 15) is 9.59 Å². The summed E-state index contributed by atoms with van der Waals surface area (Å²) in [5, 5.41) is 0. The van der Waals surface area contributed by atoms with Crippen molar-refractivity contribution in [1.29, 1.82) is 0 Å². The van der Waals surface area contributed by atoms with Gasteiger partial charge in [-0.3, -0.25) is 9.69 Å². The first kappa shape index (κ1) is 11.4. The molecule has 0 aromatic rings. The molecular formula is C11H17NO4. The van der Waals surface area contributed by atoms with E-state index in [0.29, 0.717) is 19.6 Å². The molecule has 2 saturated heterocycles. The van der Waals surface area contributed by atoms with Crippen LogP contribution in [0.4, 0.5) is 4.79 Å². The largest absolute Gasteiger partial charge is 0.444 e. The number of amides is 1. The summed E-state index contributed by atoms with van der Waals surface area (Å²) in [5.41, 5.74) is -0.530. The Balaban J connectivity index is 2.10. The second-order valence-electron chi connectivity index (χ2n) is 5.27. The molecule has 0 aliphatic carbocycles. The minimum atomic E-state index is -0.530. The minimum absolute atomic E-state index is 0.0772. The van der Waals surface area contributed by atoms with E-state index in [4.69, 9.17) is 9.47 Å². The minimum Gasteiger partial charge on any atom is -0.444 e. The molecule has 0 N–H and O–H groups in total. The van der Waals surface area contributed by atoms with Crippen LogP contribution in [-0.2, 0) is 14.3 Å². The molecule has 1 amide bonds. The average molecular weight is 227 g/mol. The first-order chi connectivity index (χ1) is 7.38. The van der Waals surface area contributed by atoms with Crippen LogP contribution in [0.25, 0.3) is 0 Å². The highest BCUT2D eigenvalue weighted by Crippen LogP contribution is 2.27. The van der Waals surface area contributed by atoms with Crippen LogP contribution in [0.3, 0.4) is 0 Å². The fourth-order valence-electron chi connectivity index (χ4n) is 2.10. The van der Waals surface area contributed by atoms with Gasteiger partial charge in [-0.2, -0.15) is 0 Å². The highest BCUT2D eigenvalue weighted by Gasteiger charge is 2.47. The van der Waals surface area contributed by atoms with Crippen molar-refractivity contribution in [2.24, 2.45) is 0 Å². The molecule has 90 valence electrons. The normalized spacial score (nSPS) is 29.4. The summed E-state index contributed by atoms with van der Waals surface area (Å²) in [5.74, 6) is 0.0772. The maximum Gasteiger partial charge on any atom is 0.411 e. The van der Waals surface area contributed by atoms with Gasteiger partial charge in [-0.25, -0.2) is 4.79 Å². The molecule has 16 heavy (non-hydrogen) atoms. The van der Waals surface area contributed by atoms with E-state index in [2.05, 4.69) is 0 Å². The van der Waals surface area contributed by atoms with E-state index in [1.54, 1.807) is 0 Å². The van der Waals surface area contributed by atoms with Gasteiger partial charge in [-0.1, -0.05) is 0 Å². The summed E-state index contributed by atoms with van der Waals surface area (Å²) in [6.07, 6.45) is -0.0131. The van der Waals surface area contributed by atoms with Gasteiger partial charge in [0.25, 0.3) is 0 Å². The first-order valence-electron chi connectivity index (χ1n) is 5.50. The van der Waals surface area contributed by atoms with Gasteiger partial charge < -0.3 is 9.47 Å². The predicted octanol–water partition coefficient (Wildman–Crippen LogP) is 0.964. The number of nitrogens with zero attached hydrogens (tertiary/aromatic N) is 1. The van der Waals surface area contributed by atoms with Crippen LogP contribution >= 0.6 is 0 Å². The number of fused-ring (bicyclic) bond motifs is 2. The van der Waals surface area contributed by atoms with Crippen LogP contribution in [-0.4, -0.2) is 47.7 Å². The van der Waals surface area contributed by atoms with Crippen LogP contribution in [0, 0.1) is 0 Å². The van der Waals surface area contributed by atoms with Crippen molar-refractivity contribution in [2.75, 3.05) is 13.2 Å². The van der Waals surface area contributed by atoms with E-state index in [0.717, 1.165) is 0 Å². The van der Waals surface area contributed by atoms with Gasteiger partial charge in [0.2, 0.25) is 0 Å². The lowest BCUT2D eigenvalue weighted by molar-refractivity contribution is -0.122. The molecule has 0 spiro atoms. The summed E-state index contributed by atoms with van der Waals surface area (Å²) >= 11 is 0. The predicted molar refractivity (Wildman–Crippen MR) is 56.1 cm³/mol. The average Bonchev–Trinajstić information content (AvgIpc) is 2.31. The number of ketones is 1. The topological polar surface area (TPSA) is 55.8 Å². The summed E-state index contributed by atoms with van der Waals surface area (Å²) in [6, 6.07) is -0.574. The highest BCUT2D eigenvalue weighted by molar-refractivity contribution is 5.92. The van der Waals surface area contributed by atoms with Crippen LogP contribution in [0.1, 0.15) is 27.2 Å². The van der Waals surface area contributed by atoms with E-state index in [1.165, 1.54) is 4.90 Å².